The molecule has 1 atom stereocenters. The minimum Gasteiger partial charge on any atom is -0.311 e. The number of nitrogens with one attached hydrogen (secondary N) is 1. The second-order valence-corrected chi connectivity index (χ2v) is 11.9. The van der Waals surface area contributed by atoms with Crippen LogP contribution in [0.2, 0.25) is 0 Å². The maximum atomic E-state index is 13.1. The summed E-state index contributed by atoms with van der Waals surface area (Å²) in [5.41, 5.74) is 4.30. The van der Waals surface area contributed by atoms with E-state index in [0.29, 0.717) is 12.2 Å². The Bertz CT molecular complexity index is 1300. The summed E-state index contributed by atoms with van der Waals surface area (Å²) < 4.78 is 25.8. The van der Waals surface area contributed by atoms with Crippen LogP contribution in [-0.4, -0.2) is 40.6 Å². The quantitative estimate of drug-likeness (QED) is 0.646. The Kier molecular flexibility index (Phi) is 5.61. The predicted molar refractivity (Wildman–Crippen MR) is 127 cm³/mol. The van der Waals surface area contributed by atoms with Crippen LogP contribution < -0.4 is 5.32 Å². The summed E-state index contributed by atoms with van der Waals surface area (Å²) in [6.45, 7) is 10.1. The highest BCUT2D eigenvalue weighted by molar-refractivity contribution is 7.91. The third kappa shape index (κ3) is 4.41. The van der Waals surface area contributed by atoms with Crippen molar-refractivity contribution >= 4 is 32.5 Å². The highest BCUT2D eigenvalue weighted by atomic mass is 32.2. The van der Waals surface area contributed by atoms with Crippen molar-refractivity contribution in [2.75, 3.05) is 16.8 Å². The van der Waals surface area contributed by atoms with Crippen molar-refractivity contribution in [3.05, 3.63) is 52.8 Å². The molecule has 1 aliphatic heterocycles. The van der Waals surface area contributed by atoms with E-state index in [1.165, 1.54) is 0 Å². The number of nitrogens with zero attached hydrogens (tertiary/aromatic N) is 3. The molecule has 8 heteroatoms. The Balaban J connectivity index is 1.64. The topological polar surface area (TPSA) is 93.9 Å². The summed E-state index contributed by atoms with van der Waals surface area (Å²) in [6.07, 6.45) is 0.692. The molecule has 0 unspecified atom stereocenters. The molecule has 1 aromatic carbocycles. The summed E-state index contributed by atoms with van der Waals surface area (Å²) in [4.78, 5) is 17.7. The smallest absolute Gasteiger partial charge is 0.230 e. The van der Waals surface area contributed by atoms with Crippen LogP contribution in [0.15, 0.2) is 30.3 Å². The van der Waals surface area contributed by atoms with Crippen molar-refractivity contribution in [2.24, 2.45) is 0 Å². The van der Waals surface area contributed by atoms with Crippen molar-refractivity contribution in [2.45, 2.75) is 58.9 Å². The van der Waals surface area contributed by atoms with Gasteiger partial charge in [-0.1, -0.05) is 39.0 Å². The highest BCUT2D eigenvalue weighted by Crippen LogP contribution is 2.31. The number of para-hydroxylation sites is 1. The van der Waals surface area contributed by atoms with Gasteiger partial charge in [0, 0.05) is 22.6 Å². The van der Waals surface area contributed by atoms with E-state index in [4.69, 9.17) is 5.10 Å². The summed E-state index contributed by atoms with van der Waals surface area (Å²) in [5.74, 6) is 0.576. The molecule has 1 N–H and O–H groups in total. The molecular weight excluding hydrogens is 424 g/mol. The van der Waals surface area contributed by atoms with Crippen LogP contribution in [0, 0.1) is 13.8 Å². The Morgan fingerprint density at radius 1 is 1.22 bits per heavy atom. The first-order chi connectivity index (χ1) is 14.9. The molecule has 0 aliphatic carbocycles. The van der Waals surface area contributed by atoms with Gasteiger partial charge in [-0.3, -0.25) is 9.78 Å². The molecule has 1 aliphatic rings. The first kappa shape index (κ1) is 22.5. The van der Waals surface area contributed by atoms with Gasteiger partial charge in [0.15, 0.2) is 9.84 Å². The van der Waals surface area contributed by atoms with Crippen molar-refractivity contribution in [1.29, 1.82) is 0 Å². The second kappa shape index (κ2) is 7.99. The van der Waals surface area contributed by atoms with Crippen molar-refractivity contribution < 1.29 is 13.2 Å². The molecule has 1 amide bonds. The first-order valence-corrected chi connectivity index (χ1v) is 12.7. The molecule has 3 aromatic rings. The number of fused-ring (bicyclic) bond motifs is 1. The van der Waals surface area contributed by atoms with E-state index < -0.39 is 9.84 Å². The SMILES string of the molecule is Cc1nc2ccccc2c(C)c1CC(=O)Nc1cc(C(C)(C)C)nn1[C@@H]1CCS(=O)(=O)C1. The fraction of sp³-hybridized carbons (Fsp3) is 0.458. The number of carbonyl (C=O) groups is 1. The van der Waals surface area contributed by atoms with Gasteiger partial charge in [0.1, 0.15) is 5.82 Å². The number of anilines is 1. The molecule has 1 saturated heterocycles. The minimum atomic E-state index is -3.08. The fourth-order valence-electron chi connectivity index (χ4n) is 4.28. The predicted octanol–water partition coefficient (Wildman–Crippen LogP) is 3.89. The maximum absolute atomic E-state index is 13.1. The van der Waals surface area contributed by atoms with Gasteiger partial charge in [-0.2, -0.15) is 5.10 Å². The molecular formula is C24H30N4O3S. The average molecular weight is 455 g/mol. The fourth-order valence-corrected chi connectivity index (χ4v) is 5.97. The summed E-state index contributed by atoms with van der Waals surface area (Å²) in [7, 11) is -3.08. The van der Waals surface area contributed by atoms with E-state index >= 15 is 0 Å². The van der Waals surface area contributed by atoms with Crippen molar-refractivity contribution in [3.63, 3.8) is 0 Å². The molecule has 32 heavy (non-hydrogen) atoms. The van der Waals surface area contributed by atoms with Crippen LogP contribution >= 0.6 is 0 Å². The molecule has 3 heterocycles. The van der Waals surface area contributed by atoms with E-state index in [0.717, 1.165) is 33.4 Å². The molecule has 0 saturated carbocycles. The Morgan fingerprint density at radius 3 is 2.59 bits per heavy atom. The van der Waals surface area contributed by atoms with E-state index in [1.54, 1.807) is 4.68 Å². The number of amides is 1. The van der Waals surface area contributed by atoms with Crippen molar-refractivity contribution in [1.82, 2.24) is 14.8 Å². The number of hydrogen-bond donors (Lipinski definition) is 1. The van der Waals surface area contributed by atoms with Gasteiger partial charge in [0.2, 0.25) is 5.91 Å². The average Bonchev–Trinajstić information content (AvgIpc) is 3.28. The number of aryl methyl sites for hydroxylation is 2. The van der Waals surface area contributed by atoms with Crippen LogP contribution in [0.1, 0.15) is 55.7 Å². The molecule has 1 fully saturated rings. The Labute approximate surface area is 189 Å². The lowest BCUT2D eigenvalue weighted by atomic mass is 9.92. The van der Waals surface area contributed by atoms with Gasteiger partial charge >= 0.3 is 0 Å². The maximum Gasteiger partial charge on any atom is 0.230 e. The highest BCUT2D eigenvalue weighted by Gasteiger charge is 2.33. The van der Waals surface area contributed by atoms with Crippen molar-refractivity contribution in [3.8, 4) is 0 Å². The van der Waals surface area contributed by atoms with Gasteiger partial charge in [0.25, 0.3) is 0 Å². The zero-order chi connectivity index (χ0) is 23.3. The summed E-state index contributed by atoms with van der Waals surface area (Å²) >= 11 is 0. The number of hydrogen-bond acceptors (Lipinski definition) is 5. The van der Waals surface area contributed by atoms with Gasteiger partial charge in [-0.25, -0.2) is 13.1 Å². The third-order valence-corrected chi connectivity index (χ3v) is 7.90. The molecule has 7 nitrogen and oxygen atoms in total. The monoisotopic (exact) mass is 454 g/mol. The largest absolute Gasteiger partial charge is 0.311 e. The molecule has 0 bridgehead atoms. The lowest BCUT2D eigenvalue weighted by Gasteiger charge is -2.16. The van der Waals surface area contributed by atoms with Gasteiger partial charge < -0.3 is 5.32 Å². The number of sulfone groups is 1. The molecule has 4 rings (SSSR count). The zero-order valence-electron chi connectivity index (χ0n) is 19.3. The summed E-state index contributed by atoms with van der Waals surface area (Å²) in [5, 5.41) is 8.73. The molecule has 170 valence electrons. The summed E-state index contributed by atoms with van der Waals surface area (Å²) in [6, 6.07) is 9.51. The van der Waals surface area contributed by atoms with Gasteiger partial charge in [-0.15, -0.1) is 0 Å². The standard InChI is InChI=1S/C24H30N4O3S/c1-15-18-8-6-7-9-20(18)25-16(2)19(15)12-23(29)26-22-13-21(24(3,4)5)27-28(22)17-10-11-32(30,31)14-17/h6-9,13,17H,10-12,14H2,1-5H3,(H,26,29)/t17-/m1/s1. The van der Waals surface area contributed by atoms with E-state index in [9.17, 15) is 13.2 Å². The van der Waals surface area contributed by atoms with Crippen LogP contribution in [0.25, 0.3) is 10.9 Å². The number of rotatable bonds is 4. The van der Waals surface area contributed by atoms with E-state index in [2.05, 4.69) is 10.3 Å². The number of pyridine rings is 1. The third-order valence-electron chi connectivity index (χ3n) is 6.15. The van der Waals surface area contributed by atoms with Gasteiger partial charge in [-0.05, 0) is 37.5 Å². The zero-order valence-corrected chi connectivity index (χ0v) is 20.1. The molecule has 0 radical (unpaired) electrons. The van der Waals surface area contributed by atoms with Crippen LogP contribution in [0.3, 0.4) is 0 Å². The molecule has 2 aromatic heterocycles. The van der Waals surface area contributed by atoms with Crippen LogP contribution in [0.4, 0.5) is 5.82 Å². The van der Waals surface area contributed by atoms with Gasteiger partial charge in [0.05, 0.1) is 35.2 Å². The number of benzene rings is 1. The Morgan fingerprint density at radius 2 is 1.94 bits per heavy atom. The van der Waals surface area contributed by atoms with Crippen LogP contribution in [-0.2, 0) is 26.5 Å². The minimum absolute atomic E-state index is 0.0495. The normalized spacial score (nSPS) is 18.2. The second-order valence-electron chi connectivity index (χ2n) is 9.71. The lowest BCUT2D eigenvalue weighted by Crippen LogP contribution is -2.21. The number of aromatic nitrogens is 3. The molecule has 0 spiro atoms. The van der Waals surface area contributed by atoms with E-state index in [-0.39, 0.29) is 35.3 Å². The Hall–Kier alpha value is -2.74. The van der Waals surface area contributed by atoms with E-state index in [1.807, 2.05) is 65.0 Å². The lowest BCUT2D eigenvalue weighted by molar-refractivity contribution is -0.115. The first-order valence-electron chi connectivity index (χ1n) is 10.9. The van der Waals surface area contributed by atoms with Crippen LogP contribution in [0.5, 0.6) is 0 Å². The number of carbonyl (C=O) groups excluding carboxylic acids is 1.